The van der Waals surface area contributed by atoms with E-state index in [1.54, 1.807) is 39.9 Å². The molecule has 8 nitrogen and oxygen atoms in total. The van der Waals surface area contributed by atoms with Crippen molar-refractivity contribution < 1.29 is 4.79 Å². The van der Waals surface area contributed by atoms with Gasteiger partial charge in [-0.05, 0) is 36.2 Å². The molecular formula is C25H23N5O3. The Labute approximate surface area is 189 Å². The molecule has 0 saturated carbocycles. The molecule has 5 rings (SSSR count). The Morgan fingerprint density at radius 1 is 1.03 bits per heavy atom. The summed E-state index contributed by atoms with van der Waals surface area (Å²) in [6, 6.07) is 18.5. The van der Waals surface area contributed by atoms with Crippen LogP contribution in [0.3, 0.4) is 0 Å². The second kappa shape index (κ2) is 8.46. The van der Waals surface area contributed by atoms with Crippen LogP contribution in [0.4, 0.5) is 0 Å². The maximum Gasteiger partial charge on any atom is 0.332 e. The van der Waals surface area contributed by atoms with Crippen LogP contribution in [0.25, 0.3) is 11.0 Å². The predicted octanol–water partition coefficient (Wildman–Crippen LogP) is 2.17. The lowest BCUT2D eigenvalue weighted by Crippen LogP contribution is -2.38. The molecule has 33 heavy (non-hydrogen) atoms. The van der Waals surface area contributed by atoms with E-state index in [9.17, 15) is 14.4 Å². The first kappa shape index (κ1) is 20.8. The number of carbonyl (C=O) groups excluding carboxylic acids is 1. The van der Waals surface area contributed by atoms with Crippen molar-refractivity contribution in [1.29, 1.82) is 0 Å². The molecule has 166 valence electrons. The van der Waals surface area contributed by atoms with Crippen molar-refractivity contribution >= 4 is 16.9 Å². The quantitative estimate of drug-likeness (QED) is 0.484. The van der Waals surface area contributed by atoms with Gasteiger partial charge in [0.1, 0.15) is 11.3 Å². The molecule has 4 heterocycles. The molecule has 1 aromatic carbocycles. The summed E-state index contributed by atoms with van der Waals surface area (Å²) in [7, 11) is 1.48. The summed E-state index contributed by atoms with van der Waals surface area (Å²) in [6.45, 7) is 1.44. The van der Waals surface area contributed by atoms with E-state index in [0.29, 0.717) is 36.4 Å². The van der Waals surface area contributed by atoms with E-state index < -0.39 is 5.69 Å². The van der Waals surface area contributed by atoms with Gasteiger partial charge < -0.3 is 4.90 Å². The topological polar surface area (TPSA) is 90.1 Å². The van der Waals surface area contributed by atoms with E-state index >= 15 is 0 Å². The lowest BCUT2D eigenvalue weighted by atomic mass is 10.0. The summed E-state index contributed by atoms with van der Waals surface area (Å²) >= 11 is 0. The Kier molecular flexibility index (Phi) is 5.34. The van der Waals surface area contributed by atoms with Crippen LogP contribution in [0, 0.1) is 0 Å². The van der Waals surface area contributed by atoms with Gasteiger partial charge in [-0.2, -0.15) is 0 Å². The summed E-state index contributed by atoms with van der Waals surface area (Å²) < 4.78 is 2.66. The third-order valence-corrected chi connectivity index (χ3v) is 6.17. The molecule has 1 saturated heterocycles. The van der Waals surface area contributed by atoms with Gasteiger partial charge in [0.15, 0.2) is 0 Å². The van der Waals surface area contributed by atoms with Gasteiger partial charge in [-0.1, -0.05) is 36.4 Å². The van der Waals surface area contributed by atoms with E-state index in [-0.39, 0.29) is 17.4 Å². The summed E-state index contributed by atoms with van der Waals surface area (Å²) in [6.07, 6.45) is 2.36. The van der Waals surface area contributed by atoms with E-state index in [4.69, 9.17) is 4.98 Å². The Hall–Kier alpha value is -4.07. The SMILES string of the molecule is Cn1c(=O)c2ccc([C@H]3CCN(C(=O)c4ccccn4)C3)nc2n(Cc2ccccc2)c1=O. The smallest absolute Gasteiger partial charge is 0.332 e. The summed E-state index contributed by atoms with van der Waals surface area (Å²) in [5, 5.41) is 0.399. The molecule has 1 aliphatic rings. The van der Waals surface area contributed by atoms with Crippen molar-refractivity contribution in [3.05, 3.63) is 105 Å². The number of benzene rings is 1. The van der Waals surface area contributed by atoms with Crippen molar-refractivity contribution in [2.24, 2.45) is 7.05 Å². The monoisotopic (exact) mass is 441 g/mol. The third kappa shape index (κ3) is 3.84. The summed E-state index contributed by atoms with van der Waals surface area (Å²) in [4.78, 5) is 49.2. The molecule has 1 amide bonds. The van der Waals surface area contributed by atoms with Crippen LogP contribution >= 0.6 is 0 Å². The second-order valence-corrected chi connectivity index (χ2v) is 8.28. The molecular weight excluding hydrogens is 418 g/mol. The Balaban J connectivity index is 1.51. The highest BCUT2D eigenvalue weighted by molar-refractivity contribution is 5.92. The number of rotatable bonds is 4. The zero-order chi connectivity index (χ0) is 22.9. The molecule has 0 bridgehead atoms. The minimum atomic E-state index is -0.403. The standard InChI is InChI=1S/C25H23N5O3/c1-28-23(31)19-10-11-20(18-12-14-29(16-18)24(32)21-9-5-6-13-26-21)27-22(19)30(25(28)33)15-17-7-3-2-4-8-17/h2-11,13,18H,12,14-16H2,1H3/t18-/m0/s1. The minimum absolute atomic E-state index is 0.0198. The fourth-order valence-electron chi connectivity index (χ4n) is 4.35. The van der Waals surface area contributed by atoms with Gasteiger partial charge in [0.25, 0.3) is 11.5 Å². The number of hydrogen-bond donors (Lipinski definition) is 0. The van der Waals surface area contributed by atoms with Gasteiger partial charge in [-0.15, -0.1) is 0 Å². The van der Waals surface area contributed by atoms with Gasteiger partial charge in [0.05, 0.1) is 11.9 Å². The predicted molar refractivity (Wildman–Crippen MR) is 124 cm³/mol. The molecule has 0 unspecified atom stereocenters. The fraction of sp³-hybridized carbons (Fsp3) is 0.240. The first-order chi connectivity index (χ1) is 16.0. The van der Waals surface area contributed by atoms with Crippen LogP contribution in [0.15, 0.2) is 76.4 Å². The molecule has 3 aromatic heterocycles. The van der Waals surface area contributed by atoms with Crippen molar-refractivity contribution in [2.45, 2.75) is 18.9 Å². The van der Waals surface area contributed by atoms with E-state index in [1.165, 1.54) is 7.05 Å². The maximum atomic E-state index is 13.0. The number of likely N-dealkylation sites (tertiary alicyclic amines) is 1. The number of nitrogens with zero attached hydrogens (tertiary/aromatic N) is 5. The Bertz CT molecular complexity index is 1440. The van der Waals surface area contributed by atoms with Crippen molar-refractivity contribution in [2.75, 3.05) is 13.1 Å². The number of amides is 1. The number of fused-ring (bicyclic) bond motifs is 1. The lowest BCUT2D eigenvalue weighted by molar-refractivity contribution is 0.0785. The molecule has 0 aliphatic carbocycles. The largest absolute Gasteiger partial charge is 0.337 e. The van der Waals surface area contributed by atoms with Crippen molar-refractivity contribution in [3.8, 4) is 0 Å². The Morgan fingerprint density at radius 3 is 2.58 bits per heavy atom. The van der Waals surface area contributed by atoms with Gasteiger partial charge in [0.2, 0.25) is 0 Å². The van der Waals surface area contributed by atoms with Crippen LogP contribution < -0.4 is 11.2 Å². The van der Waals surface area contributed by atoms with Gasteiger partial charge in [-0.3, -0.25) is 23.7 Å². The Morgan fingerprint density at radius 2 is 1.82 bits per heavy atom. The molecule has 1 atom stereocenters. The number of aromatic nitrogens is 4. The molecule has 0 N–H and O–H groups in total. The molecule has 4 aromatic rings. The lowest BCUT2D eigenvalue weighted by Gasteiger charge is -2.17. The van der Waals surface area contributed by atoms with E-state index in [1.807, 2.05) is 36.4 Å². The zero-order valence-electron chi connectivity index (χ0n) is 18.2. The van der Waals surface area contributed by atoms with Crippen LogP contribution in [0.2, 0.25) is 0 Å². The van der Waals surface area contributed by atoms with Crippen molar-refractivity contribution in [3.63, 3.8) is 0 Å². The van der Waals surface area contributed by atoms with Crippen LogP contribution in [0.1, 0.15) is 34.1 Å². The zero-order valence-corrected chi connectivity index (χ0v) is 18.2. The highest BCUT2D eigenvalue weighted by Gasteiger charge is 2.29. The van der Waals surface area contributed by atoms with Crippen molar-refractivity contribution in [1.82, 2.24) is 24.0 Å². The highest BCUT2D eigenvalue weighted by Crippen LogP contribution is 2.27. The molecule has 0 radical (unpaired) electrons. The van der Waals surface area contributed by atoms with E-state index in [0.717, 1.165) is 22.2 Å². The first-order valence-corrected chi connectivity index (χ1v) is 10.9. The summed E-state index contributed by atoms with van der Waals surface area (Å²) in [5.74, 6) is -0.0832. The number of pyridine rings is 2. The van der Waals surface area contributed by atoms with Crippen LogP contribution in [0.5, 0.6) is 0 Å². The fourth-order valence-corrected chi connectivity index (χ4v) is 4.35. The van der Waals surface area contributed by atoms with Crippen LogP contribution in [-0.2, 0) is 13.6 Å². The maximum absolute atomic E-state index is 13.0. The number of hydrogen-bond acceptors (Lipinski definition) is 5. The highest BCUT2D eigenvalue weighted by atomic mass is 16.2. The van der Waals surface area contributed by atoms with Gasteiger partial charge in [0, 0.05) is 37.9 Å². The average Bonchev–Trinajstić information content (AvgIpc) is 3.36. The summed E-state index contributed by atoms with van der Waals surface area (Å²) in [5.41, 5.74) is 1.74. The molecule has 1 fully saturated rings. The number of carbonyl (C=O) groups is 1. The molecule has 1 aliphatic heterocycles. The normalized spacial score (nSPS) is 15.8. The molecule has 8 heteroatoms. The van der Waals surface area contributed by atoms with Gasteiger partial charge in [-0.25, -0.2) is 9.78 Å². The van der Waals surface area contributed by atoms with Crippen LogP contribution in [-0.4, -0.2) is 43.0 Å². The first-order valence-electron chi connectivity index (χ1n) is 10.9. The third-order valence-electron chi connectivity index (χ3n) is 6.17. The average molecular weight is 441 g/mol. The second-order valence-electron chi connectivity index (χ2n) is 8.28. The molecule has 0 spiro atoms. The van der Waals surface area contributed by atoms with E-state index in [2.05, 4.69) is 4.98 Å². The minimum Gasteiger partial charge on any atom is -0.337 e. The van der Waals surface area contributed by atoms with Gasteiger partial charge >= 0.3 is 5.69 Å².